The molecule has 3 fully saturated rings. The van der Waals surface area contributed by atoms with Crippen LogP contribution in [0.5, 0.6) is 0 Å². The molecule has 0 aliphatic carbocycles. The van der Waals surface area contributed by atoms with E-state index >= 15 is 0 Å². The largest absolute Gasteiger partial charge is 0.395 e. The SMILES string of the molecule is O=C(C1CCOCC1)N1CC2(C1)[C@@H](c1ccccc1)[C@H](CO)N2Cc1ccccc1F. The fourth-order valence-electron chi connectivity index (χ4n) is 5.80. The Morgan fingerprint density at radius 1 is 1.06 bits per heavy atom. The van der Waals surface area contributed by atoms with Crippen LogP contribution in [0.15, 0.2) is 54.6 Å². The molecule has 3 aliphatic heterocycles. The van der Waals surface area contributed by atoms with Gasteiger partial charge in [-0.2, -0.15) is 0 Å². The van der Waals surface area contributed by atoms with Crippen LogP contribution in [0.4, 0.5) is 4.39 Å². The molecule has 2 aromatic carbocycles. The number of amides is 1. The van der Waals surface area contributed by atoms with Crippen LogP contribution in [-0.2, 0) is 16.1 Å². The first-order chi connectivity index (χ1) is 15.1. The van der Waals surface area contributed by atoms with Crippen LogP contribution >= 0.6 is 0 Å². The standard InChI is InChI=1S/C25H29FN2O3/c26-21-9-5-4-8-20(21)14-28-22(15-29)23(18-6-2-1-3-7-18)25(28)16-27(17-25)24(30)19-10-12-31-13-11-19/h1-9,19,22-23,29H,10-17H2/t22-,23-/m0/s1. The van der Waals surface area contributed by atoms with Gasteiger partial charge in [0, 0.05) is 56.3 Å². The summed E-state index contributed by atoms with van der Waals surface area (Å²) in [4.78, 5) is 17.2. The number of likely N-dealkylation sites (tertiary alicyclic amines) is 2. The summed E-state index contributed by atoms with van der Waals surface area (Å²) in [6.45, 7) is 2.97. The summed E-state index contributed by atoms with van der Waals surface area (Å²) in [5.74, 6) is 0.130. The van der Waals surface area contributed by atoms with Crippen molar-refractivity contribution in [2.45, 2.75) is 36.9 Å². The third-order valence-corrected chi connectivity index (χ3v) is 7.39. The molecule has 5 nitrogen and oxygen atoms in total. The summed E-state index contributed by atoms with van der Waals surface area (Å²) >= 11 is 0. The Hall–Kier alpha value is -2.28. The van der Waals surface area contributed by atoms with Crippen LogP contribution in [0.1, 0.15) is 29.9 Å². The predicted octanol–water partition coefficient (Wildman–Crippen LogP) is 2.79. The molecule has 0 unspecified atom stereocenters. The Bertz CT molecular complexity index is 925. The Morgan fingerprint density at radius 2 is 1.74 bits per heavy atom. The molecule has 31 heavy (non-hydrogen) atoms. The smallest absolute Gasteiger partial charge is 0.225 e. The van der Waals surface area contributed by atoms with Gasteiger partial charge in [-0.05, 0) is 24.5 Å². The summed E-state index contributed by atoms with van der Waals surface area (Å²) in [5, 5.41) is 10.2. The van der Waals surface area contributed by atoms with Gasteiger partial charge in [0.2, 0.25) is 5.91 Å². The third kappa shape index (κ3) is 3.47. The third-order valence-electron chi connectivity index (χ3n) is 7.39. The molecule has 5 rings (SSSR count). The van der Waals surface area contributed by atoms with E-state index in [2.05, 4.69) is 17.0 Å². The number of ether oxygens (including phenoxy) is 1. The van der Waals surface area contributed by atoms with Crippen LogP contribution < -0.4 is 0 Å². The Kier molecular flexibility index (Phi) is 5.54. The molecule has 0 bridgehead atoms. The van der Waals surface area contributed by atoms with Crippen molar-refractivity contribution in [2.24, 2.45) is 5.92 Å². The summed E-state index contributed by atoms with van der Waals surface area (Å²) < 4.78 is 19.8. The maximum Gasteiger partial charge on any atom is 0.225 e. The van der Waals surface area contributed by atoms with Crippen molar-refractivity contribution in [2.75, 3.05) is 32.9 Å². The van der Waals surface area contributed by atoms with Crippen LogP contribution in [-0.4, -0.2) is 65.3 Å². The number of hydrogen-bond donors (Lipinski definition) is 1. The van der Waals surface area contributed by atoms with Gasteiger partial charge in [0.15, 0.2) is 0 Å². The highest BCUT2D eigenvalue weighted by Gasteiger charge is 2.66. The van der Waals surface area contributed by atoms with E-state index in [1.54, 1.807) is 12.1 Å². The number of aliphatic hydroxyl groups excluding tert-OH is 1. The molecule has 0 radical (unpaired) electrons. The normalized spacial score (nSPS) is 25.8. The number of benzene rings is 2. The second-order valence-electron chi connectivity index (χ2n) is 9.04. The van der Waals surface area contributed by atoms with Gasteiger partial charge in [-0.1, -0.05) is 48.5 Å². The van der Waals surface area contributed by atoms with Gasteiger partial charge in [0.05, 0.1) is 12.1 Å². The maximum absolute atomic E-state index is 14.4. The first-order valence-electron chi connectivity index (χ1n) is 11.2. The lowest BCUT2D eigenvalue weighted by Gasteiger charge is -2.71. The lowest BCUT2D eigenvalue weighted by molar-refractivity contribution is -0.203. The number of hydrogen-bond acceptors (Lipinski definition) is 4. The summed E-state index contributed by atoms with van der Waals surface area (Å²) in [5.41, 5.74) is 1.53. The number of nitrogens with zero attached hydrogens (tertiary/aromatic N) is 2. The fraction of sp³-hybridized carbons (Fsp3) is 0.480. The lowest BCUT2D eigenvalue weighted by Crippen LogP contribution is -2.84. The van der Waals surface area contributed by atoms with Gasteiger partial charge in [-0.15, -0.1) is 0 Å². The molecule has 0 aromatic heterocycles. The van der Waals surface area contributed by atoms with Crippen LogP contribution in [0.2, 0.25) is 0 Å². The first kappa shape index (κ1) is 20.6. The Labute approximate surface area is 182 Å². The minimum Gasteiger partial charge on any atom is -0.395 e. The molecular formula is C25H29FN2O3. The van der Waals surface area contributed by atoms with E-state index in [1.165, 1.54) is 11.6 Å². The van der Waals surface area contributed by atoms with Crippen LogP contribution in [0, 0.1) is 11.7 Å². The first-order valence-corrected chi connectivity index (χ1v) is 11.2. The number of carbonyl (C=O) groups excluding carboxylic acids is 1. The van der Waals surface area contributed by atoms with Gasteiger partial charge < -0.3 is 14.7 Å². The average molecular weight is 425 g/mol. The van der Waals surface area contributed by atoms with Crippen molar-refractivity contribution in [1.82, 2.24) is 9.80 Å². The number of rotatable bonds is 5. The second kappa shape index (κ2) is 8.34. The Morgan fingerprint density at radius 3 is 2.42 bits per heavy atom. The monoisotopic (exact) mass is 424 g/mol. The van der Waals surface area contributed by atoms with Crippen molar-refractivity contribution in [3.63, 3.8) is 0 Å². The maximum atomic E-state index is 14.4. The molecule has 164 valence electrons. The van der Waals surface area contributed by atoms with Crippen molar-refractivity contribution in [3.8, 4) is 0 Å². The number of aliphatic hydroxyl groups is 1. The van der Waals surface area contributed by atoms with E-state index in [9.17, 15) is 14.3 Å². The molecule has 6 heteroatoms. The van der Waals surface area contributed by atoms with Crippen molar-refractivity contribution >= 4 is 5.91 Å². The summed E-state index contributed by atoms with van der Waals surface area (Å²) in [6.07, 6.45) is 1.56. The minimum absolute atomic E-state index is 0.00364. The molecule has 3 saturated heterocycles. The lowest BCUT2D eigenvalue weighted by atomic mass is 9.60. The zero-order valence-electron chi connectivity index (χ0n) is 17.6. The van der Waals surface area contributed by atoms with E-state index in [4.69, 9.17) is 4.74 Å². The van der Waals surface area contributed by atoms with Crippen LogP contribution in [0.25, 0.3) is 0 Å². The quantitative estimate of drug-likeness (QED) is 0.802. The fourth-order valence-corrected chi connectivity index (χ4v) is 5.80. The topological polar surface area (TPSA) is 53.0 Å². The van der Waals surface area contributed by atoms with Gasteiger partial charge in [0.1, 0.15) is 5.82 Å². The highest BCUT2D eigenvalue weighted by molar-refractivity contribution is 5.80. The molecule has 3 heterocycles. The molecule has 1 spiro atoms. The van der Waals surface area contributed by atoms with E-state index in [0.717, 1.165) is 12.8 Å². The van der Waals surface area contributed by atoms with Crippen molar-refractivity contribution in [1.29, 1.82) is 0 Å². The summed E-state index contributed by atoms with van der Waals surface area (Å²) in [7, 11) is 0. The molecule has 1 N–H and O–H groups in total. The predicted molar refractivity (Wildman–Crippen MR) is 115 cm³/mol. The number of carbonyl (C=O) groups is 1. The van der Waals surface area contributed by atoms with Gasteiger partial charge in [0.25, 0.3) is 0 Å². The molecular weight excluding hydrogens is 395 g/mol. The van der Waals surface area contributed by atoms with Crippen LogP contribution in [0.3, 0.4) is 0 Å². The average Bonchev–Trinajstić information content (AvgIpc) is 2.78. The summed E-state index contributed by atoms with van der Waals surface area (Å²) in [6, 6.07) is 16.9. The zero-order chi connectivity index (χ0) is 21.4. The highest BCUT2D eigenvalue weighted by Crippen LogP contribution is 2.54. The zero-order valence-corrected chi connectivity index (χ0v) is 17.6. The highest BCUT2D eigenvalue weighted by atomic mass is 19.1. The van der Waals surface area contributed by atoms with Gasteiger partial charge in [-0.25, -0.2) is 4.39 Å². The molecule has 2 atom stereocenters. The van der Waals surface area contributed by atoms with E-state index in [0.29, 0.717) is 38.4 Å². The molecule has 2 aromatic rings. The van der Waals surface area contributed by atoms with E-state index in [-0.39, 0.29) is 41.7 Å². The molecule has 1 amide bonds. The Balaban J connectivity index is 1.41. The molecule has 3 aliphatic rings. The second-order valence-corrected chi connectivity index (χ2v) is 9.04. The van der Waals surface area contributed by atoms with E-state index in [1.807, 2.05) is 29.2 Å². The number of halogens is 1. The van der Waals surface area contributed by atoms with Gasteiger partial charge in [-0.3, -0.25) is 9.69 Å². The molecule has 0 saturated carbocycles. The van der Waals surface area contributed by atoms with Gasteiger partial charge >= 0.3 is 0 Å². The van der Waals surface area contributed by atoms with Crippen molar-refractivity contribution in [3.05, 3.63) is 71.5 Å². The van der Waals surface area contributed by atoms with Crippen molar-refractivity contribution < 1.29 is 19.0 Å². The minimum atomic E-state index is -0.266. The van der Waals surface area contributed by atoms with E-state index < -0.39 is 0 Å².